The second kappa shape index (κ2) is 9.76. The van der Waals surface area contributed by atoms with Crippen LogP contribution in [0.2, 0.25) is 5.02 Å². The number of carbonyl (C=O) groups excluding carboxylic acids is 1. The third-order valence-electron chi connectivity index (χ3n) is 6.16. The Balaban J connectivity index is 1.41. The van der Waals surface area contributed by atoms with Crippen LogP contribution in [0.3, 0.4) is 0 Å². The zero-order chi connectivity index (χ0) is 24.4. The number of methoxy groups -OCH3 is 1. The van der Waals surface area contributed by atoms with Crippen LogP contribution in [-0.4, -0.2) is 54.1 Å². The minimum atomic E-state index is -0.258. The van der Waals surface area contributed by atoms with E-state index in [1.165, 1.54) is 0 Å². The highest BCUT2D eigenvalue weighted by Gasteiger charge is 2.23. The molecule has 2 aromatic heterocycles. The molecule has 5 rings (SSSR count). The van der Waals surface area contributed by atoms with E-state index in [0.29, 0.717) is 22.0 Å². The highest BCUT2D eigenvalue weighted by Crippen LogP contribution is 2.33. The molecule has 3 heterocycles. The lowest BCUT2D eigenvalue weighted by Crippen LogP contribution is -2.47. The van der Waals surface area contributed by atoms with Crippen molar-refractivity contribution in [3.63, 3.8) is 0 Å². The molecule has 0 atom stereocenters. The van der Waals surface area contributed by atoms with E-state index in [1.54, 1.807) is 37.8 Å². The summed E-state index contributed by atoms with van der Waals surface area (Å²) in [5.74, 6) is 1.85. The number of anilines is 3. The number of pyridine rings is 1. The molecule has 178 valence electrons. The second-order valence-corrected chi connectivity index (χ2v) is 8.73. The lowest BCUT2D eigenvalue weighted by Gasteiger charge is -2.35. The number of fused-ring (bicyclic) bond motifs is 1. The van der Waals surface area contributed by atoms with Crippen LogP contribution in [0.1, 0.15) is 15.9 Å². The third kappa shape index (κ3) is 4.57. The Labute approximate surface area is 208 Å². The molecule has 0 saturated carbocycles. The van der Waals surface area contributed by atoms with Gasteiger partial charge in [0, 0.05) is 61.2 Å². The summed E-state index contributed by atoms with van der Waals surface area (Å²) in [6.07, 6.45) is 5.16. The summed E-state index contributed by atoms with van der Waals surface area (Å²) in [7, 11) is 1.55. The van der Waals surface area contributed by atoms with Crippen molar-refractivity contribution in [2.45, 2.75) is 6.92 Å². The summed E-state index contributed by atoms with van der Waals surface area (Å²) in [4.78, 5) is 31.2. The van der Waals surface area contributed by atoms with Crippen molar-refractivity contribution in [2.24, 2.45) is 0 Å². The van der Waals surface area contributed by atoms with Crippen molar-refractivity contribution in [2.75, 3.05) is 48.4 Å². The predicted octanol–water partition coefficient (Wildman–Crippen LogP) is 4.57. The Morgan fingerprint density at radius 1 is 0.971 bits per heavy atom. The van der Waals surface area contributed by atoms with E-state index < -0.39 is 0 Å². The van der Waals surface area contributed by atoms with Crippen molar-refractivity contribution < 1.29 is 9.53 Å². The largest absolute Gasteiger partial charge is 0.495 e. The molecule has 2 aromatic carbocycles. The Bertz CT molecular complexity index is 1370. The SMILES string of the molecule is COc1cc(Cl)c(C)cc1NC(=O)c1cnc(N2CCN(c3ncccn3)CC2)c2ccccc12. The standard InChI is InChI=1S/C26H25ClN6O2/c1-17-14-22(23(35-2)15-21(17)27)31-25(34)20-16-30-24(19-7-4-3-6-18(19)20)32-10-12-33(13-11-32)26-28-8-5-9-29-26/h3-9,14-16H,10-13H2,1-2H3,(H,31,34). The van der Waals surface area contributed by atoms with Gasteiger partial charge in [0.15, 0.2) is 0 Å². The molecule has 35 heavy (non-hydrogen) atoms. The smallest absolute Gasteiger partial charge is 0.257 e. The first-order valence-electron chi connectivity index (χ1n) is 11.4. The highest BCUT2D eigenvalue weighted by molar-refractivity contribution is 6.31. The minimum absolute atomic E-state index is 0.258. The lowest BCUT2D eigenvalue weighted by atomic mass is 10.1. The summed E-state index contributed by atoms with van der Waals surface area (Å²) in [6.45, 7) is 5.02. The Morgan fingerprint density at radius 3 is 2.37 bits per heavy atom. The molecule has 0 unspecified atom stereocenters. The van der Waals surface area contributed by atoms with Gasteiger partial charge in [-0.15, -0.1) is 0 Å². The van der Waals surface area contributed by atoms with Crippen molar-refractivity contribution in [3.05, 3.63) is 77.2 Å². The fraction of sp³-hybridized carbons (Fsp3) is 0.231. The van der Waals surface area contributed by atoms with Crippen LogP contribution >= 0.6 is 11.6 Å². The summed E-state index contributed by atoms with van der Waals surface area (Å²) < 4.78 is 5.41. The number of rotatable bonds is 5. The number of aryl methyl sites for hydroxylation is 1. The zero-order valence-corrected chi connectivity index (χ0v) is 20.3. The maximum Gasteiger partial charge on any atom is 0.257 e. The maximum absolute atomic E-state index is 13.3. The van der Waals surface area contributed by atoms with Crippen LogP contribution in [0.25, 0.3) is 10.8 Å². The van der Waals surface area contributed by atoms with Gasteiger partial charge in [-0.05, 0) is 30.0 Å². The number of nitrogens with zero attached hydrogens (tertiary/aromatic N) is 5. The molecular formula is C26H25ClN6O2. The van der Waals surface area contributed by atoms with E-state index in [4.69, 9.17) is 21.3 Å². The average molecular weight is 489 g/mol. The molecule has 4 aromatic rings. The van der Waals surface area contributed by atoms with E-state index in [-0.39, 0.29) is 5.91 Å². The van der Waals surface area contributed by atoms with Crippen molar-refractivity contribution in [1.29, 1.82) is 0 Å². The molecule has 1 amide bonds. The first-order valence-corrected chi connectivity index (χ1v) is 11.7. The second-order valence-electron chi connectivity index (χ2n) is 8.32. The molecule has 1 fully saturated rings. The number of amides is 1. The predicted molar refractivity (Wildman–Crippen MR) is 139 cm³/mol. The number of hydrogen-bond donors (Lipinski definition) is 1. The Hall–Kier alpha value is -3.91. The van der Waals surface area contributed by atoms with Gasteiger partial charge >= 0.3 is 0 Å². The van der Waals surface area contributed by atoms with E-state index in [0.717, 1.165) is 54.3 Å². The normalized spacial score (nSPS) is 13.7. The molecule has 1 aliphatic rings. The van der Waals surface area contributed by atoms with Crippen LogP contribution in [0.5, 0.6) is 5.75 Å². The zero-order valence-electron chi connectivity index (χ0n) is 19.5. The van der Waals surface area contributed by atoms with E-state index in [9.17, 15) is 4.79 Å². The minimum Gasteiger partial charge on any atom is -0.495 e. The molecule has 0 spiro atoms. The fourth-order valence-electron chi connectivity index (χ4n) is 4.30. The maximum atomic E-state index is 13.3. The number of aromatic nitrogens is 3. The van der Waals surface area contributed by atoms with Crippen LogP contribution in [0, 0.1) is 6.92 Å². The number of benzene rings is 2. The van der Waals surface area contributed by atoms with Gasteiger partial charge in [-0.3, -0.25) is 4.79 Å². The monoisotopic (exact) mass is 488 g/mol. The molecule has 1 saturated heterocycles. The molecule has 8 nitrogen and oxygen atoms in total. The van der Waals surface area contributed by atoms with Crippen LogP contribution < -0.4 is 19.9 Å². The molecule has 0 radical (unpaired) electrons. The number of piperazine rings is 1. The number of hydrogen-bond acceptors (Lipinski definition) is 7. The van der Waals surface area contributed by atoms with Gasteiger partial charge in [0.1, 0.15) is 11.6 Å². The summed E-state index contributed by atoms with van der Waals surface area (Å²) in [5, 5.41) is 5.32. The van der Waals surface area contributed by atoms with Gasteiger partial charge in [-0.1, -0.05) is 35.9 Å². The van der Waals surface area contributed by atoms with Crippen molar-refractivity contribution in [3.8, 4) is 5.75 Å². The van der Waals surface area contributed by atoms with Crippen LogP contribution in [0.15, 0.2) is 61.1 Å². The van der Waals surface area contributed by atoms with Crippen LogP contribution in [0.4, 0.5) is 17.5 Å². The lowest BCUT2D eigenvalue weighted by molar-refractivity contribution is 0.102. The molecule has 0 aliphatic carbocycles. The van der Waals surface area contributed by atoms with Crippen molar-refractivity contribution >= 4 is 45.7 Å². The van der Waals surface area contributed by atoms with Gasteiger partial charge in [-0.2, -0.15) is 0 Å². The van der Waals surface area contributed by atoms with E-state index >= 15 is 0 Å². The molecule has 1 N–H and O–H groups in total. The summed E-state index contributed by atoms with van der Waals surface area (Å²) in [6, 6.07) is 13.2. The van der Waals surface area contributed by atoms with Gasteiger partial charge < -0.3 is 19.9 Å². The fourth-order valence-corrected chi connectivity index (χ4v) is 4.46. The first-order chi connectivity index (χ1) is 17.0. The van der Waals surface area contributed by atoms with Crippen molar-refractivity contribution in [1.82, 2.24) is 15.0 Å². The van der Waals surface area contributed by atoms with Gasteiger partial charge in [0.25, 0.3) is 5.91 Å². The van der Waals surface area contributed by atoms with Gasteiger partial charge in [-0.25, -0.2) is 15.0 Å². The molecule has 1 aliphatic heterocycles. The number of halogens is 1. The number of carbonyl (C=O) groups is 1. The van der Waals surface area contributed by atoms with E-state index in [1.807, 2.05) is 37.3 Å². The van der Waals surface area contributed by atoms with Crippen LogP contribution in [-0.2, 0) is 0 Å². The topological polar surface area (TPSA) is 83.5 Å². The number of ether oxygens (including phenoxy) is 1. The average Bonchev–Trinajstić information content (AvgIpc) is 2.90. The number of nitrogens with one attached hydrogen (secondary N) is 1. The first kappa shape index (κ1) is 22.9. The van der Waals surface area contributed by atoms with Gasteiger partial charge in [0.05, 0.1) is 18.4 Å². The quantitative estimate of drug-likeness (QED) is 0.440. The van der Waals surface area contributed by atoms with E-state index in [2.05, 4.69) is 25.1 Å². The molecule has 0 bridgehead atoms. The molecular weight excluding hydrogens is 464 g/mol. The summed E-state index contributed by atoms with van der Waals surface area (Å²) in [5.41, 5.74) is 1.91. The summed E-state index contributed by atoms with van der Waals surface area (Å²) >= 11 is 6.21. The Morgan fingerprint density at radius 2 is 1.66 bits per heavy atom. The third-order valence-corrected chi connectivity index (χ3v) is 6.57. The Kier molecular flexibility index (Phi) is 6.37. The molecule has 9 heteroatoms. The van der Waals surface area contributed by atoms with Gasteiger partial charge in [0.2, 0.25) is 5.95 Å². The highest BCUT2D eigenvalue weighted by atomic mass is 35.5.